The first-order chi connectivity index (χ1) is 15.3. The molecule has 0 atom stereocenters. The van der Waals surface area contributed by atoms with Gasteiger partial charge in [0.2, 0.25) is 0 Å². The third-order valence-corrected chi connectivity index (χ3v) is 6.80. The fourth-order valence-corrected chi connectivity index (χ4v) is 4.96. The van der Waals surface area contributed by atoms with E-state index in [1.807, 2.05) is 44.2 Å². The van der Waals surface area contributed by atoms with Gasteiger partial charge in [0, 0.05) is 27.1 Å². The van der Waals surface area contributed by atoms with E-state index in [2.05, 4.69) is 4.57 Å². The molecule has 1 aliphatic rings. The second kappa shape index (κ2) is 9.06. The Labute approximate surface area is 200 Å². The molecular formula is C24H20Cl2N2O3S. The van der Waals surface area contributed by atoms with Crippen LogP contribution in [-0.2, 0) is 11.3 Å². The van der Waals surface area contributed by atoms with Crippen molar-refractivity contribution in [1.82, 2.24) is 9.47 Å². The number of rotatable bonds is 5. The number of imide groups is 1. The van der Waals surface area contributed by atoms with Gasteiger partial charge in [-0.2, -0.15) is 0 Å². The van der Waals surface area contributed by atoms with Gasteiger partial charge in [0.25, 0.3) is 11.1 Å². The Morgan fingerprint density at radius 3 is 2.41 bits per heavy atom. The van der Waals surface area contributed by atoms with Crippen molar-refractivity contribution in [3.05, 3.63) is 86.0 Å². The van der Waals surface area contributed by atoms with Crippen LogP contribution in [-0.4, -0.2) is 27.7 Å². The molecule has 0 bridgehead atoms. The maximum atomic E-state index is 13.0. The van der Waals surface area contributed by atoms with Crippen LogP contribution >= 0.6 is 35.0 Å². The molecule has 2 aromatic carbocycles. The number of carbonyl (C=O) groups excluding carboxylic acids is 2. The molecule has 0 radical (unpaired) electrons. The first-order valence-corrected chi connectivity index (χ1v) is 11.4. The van der Waals surface area contributed by atoms with Crippen molar-refractivity contribution in [1.29, 1.82) is 0 Å². The predicted octanol–water partition coefficient (Wildman–Crippen LogP) is 6.65. The zero-order chi connectivity index (χ0) is 23.0. The van der Waals surface area contributed by atoms with Crippen molar-refractivity contribution >= 4 is 52.2 Å². The summed E-state index contributed by atoms with van der Waals surface area (Å²) in [7, 11) is 1.63. The van der Waals surface area contributed by atoms with Gasteiger partial charge in [-0.15, -0.1) is 0 Å². The first-order valence-electron chi connectivity index (χ1n) is 9.81. The third kappa shape index (κ3) is 4.31. The monoisotopic (exact) mass is 486 g/mol. The van der Waals surface area contributed by atoms with Crippen LogP contribution in [0, 0.1) is 13.8 Å². The molecule has 0 saturated carbocycles. The molecule has 1 saturated heterocycles. The molecule has 1 fully saturated rings. The largest absolute Gasteiger partial charge is 0.497 e. The number of carbonyl (C=O) groups is 2. The van der Waals surface area contributed by atoms with Crippen LogP contribution in [0.15, 0.2) is 53.4 Å². The molecule has 3 aromatic rings. The SMILES string of the molecule is COc1ccc(-n2c(C)cc(/C=C3\SC(=O)N(Cc4ccc(Cl)cc4Cl)C3=O)c2C)cc1. The minimum atomic E-state index is -0.333. The quantitative estimate of drug-likeness (QED) is 0.379. The number of benzene rings is 2. The Kier molecular flexibility index (Phi) is 6.38. The van der Waals surface area contributed by atoms with E-state index in [-0.39, 0.29) is 17.7 Å². The van der Waals surface area contributed by atoms with Crippen LogP contribution in [0.4, 0.5) is 4.79 Å². The van der Waals surface area contributed by atoms with Gasteiger partial charge in [-0.1, -0.05) is 29.3 Å². The average Bonchev–Trinajstić information content (AvgIpc) is 3.19. The molecule has 32 heavy (non-hydrogen) atoms. The summed E-state index contributed by atoms with van der Waals surface area (Å²) in [5.41, 5.74) is 4.53. The molecule has 4 rings (SSSR count). The van der Waals surface area contributed by atoms with Crippen molar-refractivity contribution in [3.8, 4) is 11.4 Å². The number of hydrogen-bond acceptors (Lipinski definition) is 4. The highest BCUT2D eigenvalue weighted by atomic mass is 35.5. The molecule has 1 aliphatic heterocycles. The summed E-state index contributed by atoms with van der Waals surface area (Å²) in [4.78, 5) is 27.1. The van der Waals surface area contributed by atoms with Gasteiger partial charge in [0.15, 0.2) is 0 Å². The van der Waals surface area contributed by atoms with Crippen molar-refractivity contribution in [2.45, 2.75) is 20.4 Å². The van der Waals surface area contributed by atoms with Gasteiger partial charge < -0.3 is 9.30 Å². The zero-order valence-electron chi connectivity index (χ0n) is 17.7. The van der Waals surface area contributed by atoms with Gasteiger partial charge in [-0.05, 0) is 85.3 Å². The lowest BCUT2D eigenvalue weighted by Gasteiger charge is -2.13. The van der Waals surface area contributed by atoms with Crippen molar-refractivity contribution in [3.63, 3.8) is 0 Å². The van der Waals surface area contributed by atoms with E-state index in [0.29, 0.717) is 20.5 Å². The lowest BCUT2D eigenvalue weighted by molar-refractivity contribution is -0.123. The Bertz CT molecular complexity index is 1250. The van der Waals surface area contributed by atoms with E-state index in [1.54, 1.807) is 31.4 Å². The standard InChI is InChI=1S/C24H20Cl2N2O3S/c1-14-10-17(15(2)28(14)19-6-8-20(31-3)9-7-19)11-22-23(29)27(24(30)32-22)13-16-4-5-18(25)12-21(16)26/h4-12H,13H2,1-3H3/b22-11-. The summed E-state index contributed by atoms with van der Waals surface area (Å²) in [5, 5.41) is 0.597. The number of halogens is 2. The number of hydrogen-bond donors (Lipinski definition) is 0. The number of aryl methyl sites for hydroxylation is 1. The topological polar surface area (TPSA) is 51.5 Å². The number of aromatic nitrogens is 1. The van der Waals surface area contributed by atoms with Crippen LogP contribution in [0.5, 0.6) is 5.75 Å². The number of nitrogens with zero attached hydrogens (tertiary/aromatic N) is 2. The molecule has 5 nitrogen and oxygen atoms in total. The van der Waals surface area contributed by atoms with Gasteiger partial charge in [0.1, 0.15) is 5.75 Å². The first kappa shape index (κ1) is 22.5. The Morgan fingerprint density at radius 1 is 1.03 bits per heavy atom. The van der Waals surface area contributed by atoms with E-state index in [9.17, 15) is 9.59 Å². The zero-order valence-corrected chi connectivity index (χ0v) is 20.0. The third-order valence-electron chi connectivity index (χ3n) is 5.30. The summed E-state index contributed by atoms with van der Waals surface area (Å²) in [6, 6.07) is 14.8. The second-order valence-electron chi connectivity index (χ2n) is 7.36. The molecule has 164 valence electrons. The molecule has 1 aromatic heterocycles. The maximum absolute atomic E-state index is 13.0. The summed E-state index contributed by atoms with van der Waals surface area (Å²) < 4.78 is 7.34. The average molecular weight is 487 g/mol. The highest BCUT2D eigenvalue weighted by molar-refractivity contribution is 8.18. The second-order valence-corrected chi connectivity index (χ2v) is 9.20. The van der Waals surface area contributed by atoms with Crippen LogP contribution in [0.3, 0.4) is 0 Å². The van der Waals surface area contributed by atoms with Crippen LogP contribution in [0.25, 0.3) is 11.8 Å². The van der Waals surface area contributed by atoms with Gasteiger partial charge in [-0.25, -0.2) is 0 Å². The molecule has 2 heterocycles. The smallest absolute Gasteiger partial charge is 0.293 e. The fraction of sp³-hybridized carbons (Fsp3) is 0.167. The van der Waals surface area contributed by atoms with Crippen molar-refractivity contribution < 1.29 is 14.3 Å². The van der Waals surface area contributed by atoms with Crippen molar-refractivity contribution in [2.75, 3.05) is 7.11 Å². The van der Waals surface area contributed by atoms with Gasteiger partial charge in [0.05, 0.1) is 18.6 Å². The van der Waals surface area contributed by atoms with Crippen molar-refractivity contribution in [2.24, 2.45) is 0 Å². The Hall–Kier alpha value is -2.67. The van der Waals surface area contributed by atoms with E-state index < -0.39 is 0 Å². The normalized spacial score (nSPS) is 15.2. The molecule has 0 unspecified atom stereocenters. The molecule has 8 heteroatoms. The fourth-order valence-electron chi connectivity index (χ4n) is 3.66. The highest BCUT2D eigenvalue weighted by Gasteiger charge is 2.35. The minimum Gasteiger partial charge on any atom is -0.497 e. The van der Waals surface area contributed by atoms with Gasteiger partial charge in [-0.3, -0.25) is 14.5 Å². The predicted molar refractivity (Wildman–Crippen MR) is 130 cm³/mol. The molecular weight excluding hydrogens is 467 g/mol. The van der Waals surface area contributed by atoms with E-state index in [4.69, 9.17) is 27.9 Å². The van der Waals surface area contributed by atoms with E-state index >= 15 is 0 Å². The summed E-state index contributed by atoms with van der Waals surface area (Å²) in [5.74, 6) is 0.450. The summed E-state index contributed by atoms with van der Waals surface area (Å²) in [6.45, 7) is 4.09. The molecule has 0 spiro atoms. The van der Waals surface area contributed by atoms with Gasteiger partial charge >= 0.3 is 0 Å². The molecule has 0 N–H and O–H groups in total. The maximum Gasteiger partial charge on any atom is 0.293 e. The summed E-state index contributed by atoms with van der Waals surface area (Å²) in [6.07, 6.45) is 1.77. The minimum absolute atomic E-state index is 0.100. The van der Waals surface area contributed by atoms with Crippen LogP contribution < -0.4 is 4.74 Å². The Morgan fingerprint density at radius 2 is 1.75 bits per heavy atom. The lowest BCUT2D eigenvalue weighted by Crippen LogP contribution is -2.27. The van der Waals surface area contributed by atoms with E-state index in [1.165, 1.54) is 4.90 Å². The van der Waals surface area contributed by atoms with E-state index in [0.717, 1.165) is 40.2 Å². The summed E-state index contributed by atoms with van der Waals surface area (Å²) >= 11 is 13.1. The lowest BCUT2D eigenvalue weighted by atomic mass is 10.2. The van der Waals surface area contributed by atoms with Crippen LogP contribution in [0.2, 0.25) is 10.0 Å². The number of ether oxygens (including phenoxy) is 1. The Balaban J connectivity index is 1.61. The molecule has 2 amide bonds. The molecule has 0 aliphatic carbocycles. The number of methoxy groups -OCH3 is 1. The number of thioether (sulfide) groups is 1. The van der Waals surface area contributed by atoms with Crippen LogP contribution in [0.1, 0.15) is 22.5 Å². The highest BCUT2D eigenvalue weighted by Crippen LogP contribution is 2.35. The number of amides is 2.